The van der Waals surface area contributed by atoms with Gasteiger partial charge in [0.25, 0.3) is 5.91 Å². The molecular formula is C23H30F3N4O4+. The van der Waals surface area contributed by atoms with E-state index in [9.17, 15) is 18.0 Å². The molecule has 0 aliphatic carbocycles. The molecule has 2 saturated heterocycles. The fourth-order valence-electron chi connectivity index (χ4n) is 4.71. The normalized spacial score (nSPS) is 20.0. The van der Waals surface area contributed by atoms with E-state index in [0.717, 1.165) is 15.8 Å². The summed E-state index contributed by atoms with van der Waals surface area (Å²) in [4.78, 5) is 21.3. The summed E-state index contributed by atoms with van der Waals surface area (Å²) in [5.74, 6) is -2.78. The molecule has 186 valence electrons. The number of halogens is 3. The maximum absolute atomic E-state index is 12.4. The van der Waals surface area contributed by atoms with Crippen LogP contribution < -0.4 is 9.91 Å². The Labute approximate surface area is 195 Å². The van der Waals surface area contributed by atoms with Gasteiger partial charge in [-0.15, -0.1) is 5.01 Å². The van der Waals surface area contributed by atoms with Crippen molar-refractivity contribution in [3.63, 3.8) is 0 Å². The molecule has 2 aromatic rings. The van der Waals surface area contributed by atoms with Crippen LogP contribution in [0.1, 0.15) is 54.4 Å². The van der Waals surface area contributed by atoms with E-state index in [1.54, 1.807) is 13.0 Å². The number of carboxylic acid groups (broad SMARTS) is 1. The van der Waals surface area contributed by atoms with Gasteiger partial charge >= 0.3 is 12.1 Å². The van der Waals surface area contributed by atoms with E-state index in [4.69, 9.17) is 14.4 Å². The molecular weight excluding hydrogens is 453 g/mol. The lowest BCUT2D eigenvalue weighted by Gasteiger charge is -2.43. The van der Waals surface area contributed by atoms with Gasteiger partial charge in [0.2, 0.25) is 5.76 Å². The van der Waals surface area contributed by atoms with Gasteiger partial charge in [-0.3, -0.25) is 4.79 Å². The summed E-state index contributed by atoms with van der Waals surface area (Å²) in [6.45, 7) is 9.73. The second kappa shape index (κ2) is 10.1. The number of carbonyl (C=O) groups excluding carboxylic acids is 1. The number of rotatable bonds is 4. The van der Waals surface area contributed by atoms with E-state index >= 15 is 0 Å². The van der Waals surface area contributed by atoms with Crippen molar-refractivity contribution >= 4 is 23.3 Å². The minimum Gasteiger partial charge on any atom is -0.475 e. The summed E-state index contributed by atoms with van der Waals surface area (Å²) in [5, 5.41) is 16.5. The summed E-state index contributed by atoms with van der Waals surface area (Å²) in [6.07, 6.45) is 0.0197. The number of hydrogen-bond acceptors (Lipinski definition) is 5. The Kier molecular flexibility index (Phi) is 7.67. The highest BCUT2D eigenvalue weighted by Crippen LogP contribution is 2.38. The highest BCUT2D eigenvalue weighted by atomic mass is 19.4. The number of aliphatic carboxylic acids is 1. The number of hydrogen-bond donors (Lipinski definition) is 2. The number of nitrogens with one attached hydrogen (secondary N) is 1. The standard InChI is InChI=1S/C21H28N4O2.C2HF3O2/c1-15-13-18(25(11-4-5-12-25)24-10-6-7-17(24)3)8-9-19(15)22-21(26)20-14-16(2)23-27-20;3-2(4,5)1(6)7/h8-9,13-14,17H,4-7,10-12H2,1-3H3;(H,6,7)/p+1/t17-;/m0./s1. The molecule has 1 aromatic carbocycles. The van der Waals surface area contributed by atoms with E-state index in [2.05, 4.69) is 41.5 Å². The smallest absolute Gasteiger partial charge is 0.475 e. The Morgan fingerprint density at radius 1 is 1.18 bits per heavy atom. The van der Waals surface area contributed by atoms with Crippen molar-refractivity contribution in [2.45, 2.75) is 58.7 Å². The van der Waals surface area contributed by atoms with Crippen LogP contribution in [0.25, 0.3) is 0 Å². The lowest BCUT2D eigenvalue weighted by Crippen LogP contribution is -2.61. The van der Waals surface area contributed by atoms with Crippen molar-refractivity contribution in [1.82, 2.24) is 14.8 Å². The number of alkyl halides is 3. The molecule has 2 N–H and O–H groups in total. The highest BCUT2D eigenvalue weighted by molar-refractivity contribution is 6.02. The molecule has 1 amide bonds. The first-order chi connectivity index (χ1) is 15.9. The van der Waals surface area contributed by atoms with E-state index in [1.165, 1.54) is 51.0 Å². The zero-order valence-corrected chi connectivity index (χ0v) is 19.5. The SMILES string of the molecule is Cc1cc(C(=O)Nc2ccc([N+]3(N4CCC[C@@H]4C)CCCC3)cc2C)on1.O=C(O)C(F)(F)F. The van der Waals surface area contributed by atoms with Crippen molar-refractivity contribution in [3.05, 3.63) is 41.3 Å². The fraction of sp³-hybridized carbons (Fsp3) is 0.522. The van der Waals surface area contributed by atoms with Crippen molar-refractivity contribution in [2.75, 3.05) is 25.0 Å². The Bertz CT molecular complexity index is 1030. The zero-order chi connectivity index (χ0) is 25.1. The van der Waals surface area contributed by atoms with Crippen LogP contribution in [0.4, 0.5) is 24.5 Å². The van der Waals surface area contributed by atoms with Gasteiger partial charge in [-0.05, 0) is 45.2 Å². The molecule has 3 heterocycles. The number of benzene rings is 1. The molecule has 2 aliphatic rings. The third-order valence-electron chi connectivity index (χ3n) is 6.35. The van der Waals surface area contributed by atoms with Crippen LogP contribution in [0.5, 0.6) is 0 Å². The van der Waals surface area contributed by atoms with E-state index < -0.39 is 12.1 Å². The van der Waals surface area contributed by atoms with Crippen LogP contribution in [0.2, 0.25) is 0 Å². The molecule has 0 bridgehead atoms. The summed E-state index contributed by atoms with van der Waals surface area (Å²) in [5.41, 5.74) is 3.94. The Hall–Kier alpha value is -2.92. The minimum absolute atomic E-state index is 0.241. The number of aryl methyl sites for hydroxylation is 2. The summed E-state index contributed by atoms with van der Waals surface area (Å²) in [7, 11) is 0. The van der Waals surface area contributed by atoms with E-state index in [0.29, 0.717) is 11.7 Å². The number of aromatic nitrogens is 1. The van der Waals surface area contributed by atoms with Gasteiger partial charge in [0, 0.05) is 43.3 Å². The molecule has 1 aromatic heterocycles. The summed E-state index contributed by atoms with van der Waals surface area (Å²) >= 11 is 0. The van der Waals surface area contributed by atoms with Crippen LogP contribution in [-0.2, 0) is 4.79 Å². The first-order valence-corrected chi connectivity index (χ1v) is 11.2. The van der Waals surface area contributed by atoms with Crippen LogP contribution in [0.15, 0.2) is 28.8 Å². The molecule has 34 heavy (non-hydrogen) atoms. The average molecular weight is 484 g/mol. The Morgan fingerprint density at radius 3 is 2.29 bits per heavy atom. The lowest BCUT2D eigenvalue weighted by atomic mass is 10.1. The number of anilines is 1. The monoisotopic (exact) mass is 483 g/mol. The van der Waals surface area contributed by atoms with Crippen LogP contribution in [0, 0.1) is 13.8 Å². The minimum atomic E-state index is -5.08. The zero-order valence-electron chi connectivity index (χ0n) is 19.5. The molecule has 8 nitrogen and oxygen atoms in total. The second-order valence-corrected chi connectivity index (χ2v) is 8.82. The number of carbonyl (C=O) groups is 2. The average Bonchev–Trinajstić information content (AvgIpc) is 3.50. The van der Waals surface area contributed by atoms with Gasteiger partial charge in [-0.25, -0.2) is 9.39 Å². The molecule has 2 fully saturated rings. The molecule has 1 atom stereocenters. The van der Waals surface area contributed by atoms with Gasteiger partial charge in [-0.2, -0.15) is 13.2 Å². The maximum Gasteiger partial charge on any atom is 0.490 e. The molecule has 2 aliphatic heterocycles. The largest absolute Gasteiger partial charge is 0.490 e. The maximum atomic E-state index is 12.4. The van der Waals surface area contributed by atoms with Gasteiger partial charge in [-0.1, -0.05) is 5.16 Å². The van der Waals surface area contributed by atoms with Gasteiger partial charge < -0.3 is 14.9 Å². The summed E-state index contributed by atoms with van der Waals surface area (Å²) < 4.78 is 37.8. The topological polar surface area (TPSA) is 95.7 Å². The molecule has 11 heteroatoms. The number of amides is 1. The third-order valence-corrected chi connectivity index (χ3v) is 6.35. The Morgan fingerprint density at radius 2 is 1.82 bits per heavy atom. The van der Waals surface area contributed by atoms with Gasteiger partial charge in [0.05, 0.1) is 11.7 Å². The number of quaternary nitrogens is 1. The Balaban J connectivity index is 0.000000406. The fourth-order valence-corrected chi connectivity index (χ4v) is 4.71. The highest BCUT2D eigenvalue weighted by Gasteiger charge is 2.45. The van der Waals surface area contributed by atoms with Crippen molar-refractivity contribution in [3.8, 4) is 0 Å². The lowest BCUT2D eigenvalue weighted by molar-refractivity contribution is -0.192. The van der Waals surface area contributed by atoms with E-state index in [1.807, 2.05) is 6.07 Å². The number of nitrogens with zero attached hydrogens (tertiary/aromatic N) is 3. The molecule has 0 saturated carbocycles. The van der Waals surface area contributed by atoms with Gasteiger partial charge in [0.15, 0.2) is 5.69 Å². The quantitative estimate of drug-likeness (QED) is 0.614. The van der Waals surface area contributed by atoms with Crippen LogP contribution in [-0.4, -0.2) is 59.0 Å². The summed E-state index contributed by atoms with van der Waals surface area (Å²) in [6, 6.07) is 8.74. The molecule has 4 rings (SSSR count). The van der Waals surface area contributed by atoms with Crippen molar-refractivity contribution in [2.24, 2.45) is 0 Å². The third kappa shape index (κ3) is 5.58. The molecule has 0 radical (unpaired) electrons. The van der Waals surface area contributed by atoms with Crippen LogP contribution in [0.3, 0.4) is 0 Å². The van der Waals surface area contributed by atoms with E-state index in [-0.39, 0.29) is 11.7 Å². The number of carboxylic acids is 1. The first-order valence-electron chi connectivity index (χ1n) is 11.2. The van der Waals surface area contributed by atoms with Crippen molar-refractivity contribution < 1.29 is 32.4 Å². The predicted molar refractivity (Wildman–Crippen MR) is 120 cm³/mol. The molecule has 0 spiro atoms. The molecule has 0 unspecified atom stereocenters. The van der Waals surface area contributed by atoms with Gasteiger partial charge in [0.1, 0.15) is 13.1 Å². The first kappa shape index (κ1) is 25.7. The second-order valence-electron chi connectivity index (χ2n) is 8.82. The predicted octanol–water partition coefficient (Wildman–Crippen LogP) is 4.68. The van der Waals surface area contributed by atoms with Crippen LogP contribution >= 0.6 is 0 Å². The van der Waals surface area contributed by atoms with Crippen molar-refractivity contribution in [1.29, 1.82) is 0 Å².